The number of imidazole rings is 1. The van der Waals surface area contributed by atoms with Gasteiger partial charge in [0.2, 0.25) is 0 Å². The summed E-state index contributed by atoms with van der Waals surface area (Å²) in [5, 5.41) is 3.66. The summed E-state index contributed by atoms with van der Waals surface area (Å²) in [7, 11) is 0. The van der Waals surface area contributed by atoms with E-state index in [-0.39, 0.29) is 0 Å². The third-order valence-electron chi connectivity index (χ3n) is 7.97. The van der Waals surface area contributed by atoms with Crippen LogP contribution in [0.25, 0.3) is 60.6 Å². The fraction of sp³-hybridized carbons (Fsp3) is 0.0645. The molecular formula is C31H18N4. The fourth-order valence-electron chi connectivity index (χ4n) is 6.51. The van der Waals surface area contributed by atoms with Crippen molar-refractivity contribution < 1.29 is 0 Å². The normalized spacial score (nSPS) is 13.5. The number of benzene rings is 3. The second-order valence-electron chi connectivity index (χ2n) is 9.73. The van der Waals surface area contributed by atoms with E-state index in [1.165, 1.54) is 60.7 Å². The molecule has 0 N–H and O–H groups in total. The van der Waals surface area contributed by atoms with E-state index in [2.05, 4.69) is 69.0 Å². The van der Waals surface area contributed by atoms with Gasteiger partial charge in [-0.15, -0.1) is 0 Å². The van der Waals surface area contributed by atoms with Crippen LogP contribution in [0.4, 0.5) is 0 Å². The highest BCUT2D eigenvalue weighted by Gasteiger charge is 2.28. The molecule has 0 aliphatic heterocycles. The van der Waals surface area contributed by atoms with Crippen LogP contribution >= 0.6 is 0 Å². The first-order valence-corrected chi connectivity index (χ1v) is 12.0. The zero-order valence-electron chi connectivity index (χ0n) is 18.8. The van der Waals surface area contributed by atoms with Gasteiger partial charge >= 0.3 is 0 Å². The van der Waals surface area contributed by atoms with Crippen LogP contribution in [-0.4, -0.2) is 19.4 Å². The first-order valence-electron chi connectivity index (χ1n) is 12.0. The Hall–Kier alpha value is -4.57. The van der Waals surface area contributed by atoms with E-state index in [0.29, 0.717) is 0 Å². The lowest BCUT2D eigenvalue weighted by Gasteiger charge is -2.13. The zero-order chi connectivity index (χ0) is 22.7. The molecule has 7 aromatic rings. The topological polar surface area (TPSA) is 43.1 Å². The lowest BCUT2D eigenvalue weighted by Crippen LogP contribution is -1.94. The van der Waals surface area contributed by atoms with E-state index in [1.807, 2.05) is 30.9 Å². The highest BCUT2D eigenvalue weighted by Crippen LogP contribution is 2.48. The SMILES string of the molecule is c1ccc2c(c1)Cc1cc3c(cc1-2)-c1c(ccc2c1c1ccncc1n1c4cnccc4nc21)C3. The van der Waals surface area contributed by atoms with Crippen LogP contribution in [0.3, 0.4) is 0 Å². The highest BCUT2D eigenvalue weighted by molar-refractivity contribution is 6.20. The van der Waals surface area contributed by atoms with Gasteiger partial charge < -0.3 is 0 Å². The molecule has 0 bridgehead atoms. The van der Waals surface area contributed by atoms with Gasteiger partial charge in [0.15, 0.2) is 0 Å². The van der Waals surface area contributed by atoms with Crippen LogP contribution in [0.1, 0.15) is 22.3 Å². The number of aromatic nitrogens is 4. The van der Waals surface area contributed by atoms with E-state index in [1.54, 1.807) is 0 Å². The lowest BCUT2D eigenvalue weighted by atomic mass is 9.93. The number of hydrogen-bond acceptors (Lipinski definition) is 3. The molecule has 9 rings (SSSR count). The predicted molar refractivity (Wildman–Crippen MR) is 140 cm³/mol. The molecule has 35 heavy (non-hydrogen) atoms. The monoisotopic (exact) mass is 446 g/mol. The molecule has 4 aromatic heterocycles. The summed E-state index contributed by atoms with van der Waals surface area (Å²) in [6.07, 6.45) is 9.58. The van der Waals surface area contributed by atoms with Crippen LogP contribution in [0, 0.1) is 0 Å². The van der Waals surface area contributed by atoms with Gasteiger partial charge in [-0.1, -0.05) is 42.5 Å². The van der Waals surface area contributed by atoms with Gasteiger partial charge in [-0.05, 0) is 75.5 Å². The van der Waals surface area contributed by atoms with Gasteiger partial charge in [0, 0.05) is 28.6 Å². The van der Waals surface area contributed by atoms with Gasteiger partial charge in [0.1, 0.15) is 5.65 Å². The van der Waals surface area contributed by atoms with Gasteiger partial charge in [0.25, 0.3) is 0 Å². The van der Waals surface area contributed by atoms with Crippen molar-refractivity contribution in [2.75, 3.05) is 0 Å². The van der Waals surface area contributed by atoms with Gasteiger partial charge in [-0.25, -0.2) is 4.98 Å². The number of pyridine rings is 3. The Bertz CT molecular complexity index is 2070. The molecule has 162 valence electrons. The summed E-state index contributed by atoms with van der Waals surface area (Å²) in [5.41, 5.74) is 15.2. The third-order valence-corrected chi connectivity index (χ3v) is 7.97. The molecule has 4 heteroatoms. The van der Waals surface area contributed by atoms with Crippen molar-refractivity contribution in [1.29, 1.82) is 0 Å². The molecule has 0 radical (unpaired) electrons. The molecule has 0 amide bonds. The van der Waals surface area contributed by atoms with Crippen molar-refractivity contribution in [3.63, 3.8) is 0 Å². The Labute approximate surface area is 200 Å². The molecule has 0 spiro atoms. The first kappa shape index (κ1) is 17.8. The van der Waals surface area contributed by atoms with Crippen molar-refractivity contribution in [2.45, 2.75) is 12.8 Å². The van der Waals surface area contributed by atoms with Crippen molar-refractivity contribution >= 4 is 38.4 Å². The summed E-state index contributed by atoms with van der Waals surface area (Å²) in [4.78, 5) is 13.9. The van der Waals surface area contributed by atoms with E-state index >= 15 is 0 Å². The quantitative estimate of drug-likeness (QED) is 0.243. The molecule has 0 atom stereocenters. The molecule has 3 aromatic carbocycles. The molecule has 0 fully saturated rings. The minimum absolute atomic E-state index is 0.952. The Balaban J connectivity index is 1.46. The summed E-state index contributed by atoms with van der Waals surface area (Å²) >= 11 is 0. The molecule has 2 aliphatic carbocycles. The Morgan fingerprint density at radius 2 is 1.46 bits per heavy atom. The molecule has 0 unspecified atom stereocenters. The van der Waals surface area contributed by atoms with Crippen LogP contribution < -0.4 is 0 Å². The number of rotatable bonds is 0. The lowest BCUT2D eigenvalue weighted by molar-refractivity contribution is 1.21. The van der Waals surface area contributed by atoms with E-state index in [0.717, 1.165) is 35.0 Å². The first-order chi connectivity index (χ1) is 17.3. The highest BCUT2D eigenvalue weighted by atomic mass is 15.0. The van der Waals surface area contributed by atoms with E-state index in [9.17, 15) is 0 Å². The van der Waals surface area contributed by atoms with E-state index < -0.39 is 0 Å². The van der Waals surface area contributed by atoms with Gasteiger partial charge in [0.05, 0.1) is 28.9 Å². The number of nitrogens with zero attached hydrogens (tertiary/aromatic N) is 4. The largest absolute Gasteiger partial charge is 0.289 e. The number of fused-ring (bicyclic) bond motifs is 15. The third kappa shape index (κ3) is 2.15. The summed E-state index contributed by atoms with van der Waals surface area (Å²) in [5.74, 6) is 0. The van der Waals surface area contributed by atoms with Crippen molar-refractivity contribution in [1.82, 2.24) is 19.4 Å². The molecular weight excluding hydrogens is 428 g/mol. The van der Waals surface area contributed by atoms with Crippen LogP contribution in [0.5, 0.6) is 0 Å². The smallest absolute Gasteiger partial charge is 0.146 e. The van der Waals surface area contributed by atoms with Crippen LogP contribution in [0.2, 0.25) is 0 Å². The van der Waals surface area contributed by atoms with Gasteiger partial charge in [-0.2, -0.15) is 0 Å². The van der Waals surface area contributed by atoms with Crippen LogP contribution in [0.15, 0.2) is 85.5 Å². The Morgan fingerprint density at radius 3 is 2.43 bits per heavy atom. The average molecular weight is 447 g/mol. The molecule has 0 saturated carbocycles. The zero-order valence-corrected chi connectivity index (χ0v) is 18.8. The maximum atomic E-state index is 5.06. The maximum Gasteiger partial charge on any atom is 0.146 e. The van der Waals surface area contributed by atoms with E-state index in [4.69, 9.17) is 4.98 Å². The second kappa shape index (κ2) is 6.10. The Morgan fingerprint density at radius 1 is 0.629 bits per heavy atom. The molecule has 2 aliphatic rings. The predicted octanol–water partition coefficient (Wildman–Crippen LogP) is 6.73. The standard InChI is InChI=1S/C31H18N4/c1-2-4-21-17(3-1)11-19-13-20-12-18-5-6-23-30(29(18)25(20)14-24(19)21)22-7-9-32-15-27(22)35-28-16-33-10-8-26(28)34-31(23)35/h1-10,13-16H,11-12H2. The number of hydrogen-bond donors (Lipinski definition) is 0. The van der Waals surface area contributed by atoms with Crippen molar-refractivity contribution in [3.05, 3.63) is 108 Å². The fourth-order valence-corrected chi connectivity index (χ4v) is 6.51. The summed E-state index contributed by atoms with van der Waals surface area (Å²) in [6, 6.07) is 22.4. The molecule has 0 saturated heterocycles. The Kier molecular flexibility index (Phi) is 3.11. The second-order valence-corrected chi connectivity index (χ2v) is 9.73. The minimum atomic E-state index is 0.952. The van der Waals surface area contributed by atoms with Crippen molar-refractivity contribution in [3.8, 4) is 22.3 Å². The molecule has 4 heterocycles. The van der Waals surface area contributed by atoms with Gasteiger partial charge in [-0.3, -0.25) is 14.4 Å². The minimum Gasteiger partial charge on any atom is -0.289 e. The maximum absolute atomic E-state index is 5.06. The van der Waals surface area contributed by atoms with Crippen LogP contribution in [-0.2, 0) is 12.8 Å². The summed E-state index contributed by atoms with van der Waals surface area (Å²) in [6.45, 7) is 0. The molecule has 4 nitrogen and oxygen atoms in total. The summed E-state index contributed by atoms with van der Waals surface area (Å²) < 4.78 is 2.22. The van der Waals surface area contributed by atoms with Crippen molar-refractivity contribution in [2.24, 2.45) is 0 Å². The average Bonchev–Trinajstić information content (AvgIpc) is 3.58.